The molecule has 3 aliphatic heterocycles. The normalized spacial score (nSPS) is 36.8. The van der Waals surface area contributed by atoms with Crippen LogP contribution in [0.1, 0.15) is 31.4 Å². The van der Waals surface area contributed by atoms with Gasteiger partial charge in [-0.25, -0.2) is 4.90 Å². The second-order valence-electron chi connectivity index (χ2n) is 7.95. The van der Waals surface area contributed by atoms with Gasteiger partial charge in [0.2, 0.25) is 11.8 Å². The molecule has 0 aromatic heterocycles. The molecule has 148 valence electrons. The fourth-order valence-electron chi connectivity index (χ4n) is 5.20. The molecule has 2 amide bonds. The number of anilines is 1. The molecule has 0 spiro atoms. The van der Waals surface area contributed by atoms with E-state index in [1.807, 2.05) is 0 Å². The van der Waals surface area contributed by atoms with E-state index in [4.69, 9.17) is 10.00 Å². The van der Waals surface area contributed by atoms with E-state index in [2.05, 4.69) is 5.32 Å². The Bertz CT molecular complexity index is 941. The minimum absolute atomic E-state index is 0.151. The van der Waals surface area contributed by atoms with Gasteiger partial charge >= 0.3 is 6.18 Å². The van der Waals surface area contributed by atoms with Crippen molar-refractivity contribution in [2.24, 2.45) is 11.8 Å². The Balaban J connectivity index is 1.80. The van der Waals surface area contributed by atoms with Crippen LogP contribution in [0.25, 0.3) is 0 Å². The minimum atomic E-state index is -4.78. The van der Waals surface area contributed by atoms with E-state index in [0.717, 1.165) is 11.0 Å². The van der Waals surface area contributed by atoms with E-state index in [9.17, 15) is 22.8 Å². The molecule has 2 bridgehead atoms. The van der Waals surface area contributed by atoms with Crippen molar-refractivity contribution in [1.29, 1.82) is 5.26 Å². The van der Waals surface area contributed by atoms with Crippen molar-refractivity contribution in [1.82, 2.24) is 5.32 Å². The van der Waals surface area contributed by atoms with Crippen molar-refractivity contribution in [3.05, 3.63) is 29.3 Å². The number of hydrogen-bond donors (Lipinski definition) is 1. The number of ether oxygens (including phenoxy) is 1. The Morgan fingerprint density at radius 3 is 2.46 bits per heavy atom. The molecular weight excluding hydrogens is 375 g/mol. The molecule has 0 radical (unpaired) electrons. The molecular formula is C19H18F3N3O3. The number of likely N-dealkylation sites (N-methyl/N-ethyl adjacent to an activating group) is 1. The van der Waals surface area contributed by atoms with E-state index in [-0.39, 0.29) is 11.7 Å². The molecule has 3 fully saturated rings. The maximum absolute atomic E-state index is 13.3. The van der Waals surface area contributed by atoms with Crippen LogP contribution in [0, 0.1) is 23.2 Å². The first-order chi connectivity index (χ1) is 13.0. The summed E-state index contributed by atoms with van der Waals surface area (Å²) in [5.74, 6) is -2.66. The van der Waals surface area contributed by atoms with E-state index < -0.39 is 52.2 Å². The van der Waals surface area contributed by atoms with Crippen LogP contribution in [0.3, 0.4) is 0 Å². The summed E-state index contributed by atoms with van der Waals surface area (Å²) in [6, 6.07) is 4.22. The molecule has 0 aliphatic carbocycles. The second kappa shape index (κ2) is 5.55. The number of hydrogen-bond acceptors (Lipinski definition) is 5. The van der Waals surface area contributed by atoms with Crippen molar-refractivity contribution < 1.29 is 27.5 Å². The number of carbonyl (C=O) groups is 2. The Labute approximate surface area is 159 Å². The molecule has 6 nitrogen and oxygen atoms in total. The molecule has 1 aromatic carbocycles. The first-order valence-electron chi connectivity index (χ1n) is 8.84. The van der Waals surface area contributed by atoms with Gasteiger partial charge in [0, 0.05) is 6.04 Å². The molecule has 4 rings (SSSR count). The van der Waals surface area contributed by atoms with Gasteiger partial charge in [-0.15, -0.1) is 0 Å². The van der Waals surface area contributed by atoms with Gasteiger partial charge in [0.15, 0.2) is 0 Å². The molecule has 0 saturated carbocycles. The number of benzene rings is 1. The molecule has 1 aromatic rings. The van der Waals surface area contributed by atoms with E-state index in [0.29, 0.717) is 12.5 Å². The lowest BCUT2D eigenvalue weighted by Gasteiger charge is -2.35. The number of rotatable bonds is 2. The third-order valence-electron chi connectivity index (χ3n) is 6.37. The second-order valence-corrected chi connectivity index (χ2v) is 7.95. The zero-order chi connectivity index (χ0) is 20.6. The van der Waals surface area contributed by atoms with Crippen LogP contribution < -0.4 is 10.2 Å². The van der Waals surface area contributed by atoms with Crippen LogP contribution in [-0.4, -0.2) is 36.1 Å². The average molecular weight is 393 g/mol. The number of nitriles is 1. The van der Waals surface area contributed by atoms with E-state index in [1.165, 1.54) is 12.1 Å². The summed E-state index contributed by atoms with van der Waals surface area (Å²) in [5, 5.41) is 12.1. The highest BCUT2D eigenvalue weighted by atomic mass is 19.4. The number of carbonyl (C=O) groups excluding carboxylic acids is 2. The predicted molar refractivity (Wildman–Crippen MR) is 91.0 cm³/mol. The van der Waals surface area contributed by atoms with Gasteiger partial charge in [-0.05, 0) is 45.5 Å². The van der Waals surface area contributed by atoms with Gasteiger partial charge in [-0.1, -0.05) is 0 Å². The van der Waals surface area contributed by atoms with E-state index >= 15 is 0 Å². The van der Waals surface area contributed by atoms with Crippen molar-refractivity contribution >= 4 is 17.5 Å². The monoisotopic (exact) mass is 393 g/mol. The van der Waals surface area contributed by atoms with Gasteiger partial charge in [0.05, 0.1) is 45.9 Å². The van der Waals surface area contributed by atoms with Gasteiger partial charge in [0.25, 0.3) is 0 Å². The van der Waals surface area contributed by atoms with Crippen LogP contribution in [0.2, 0.25) is 0 Å². The largest absolute Gasteiger partial charge is 0.417 e. The zero-order valence-electron chi connectivity index (χ0n) is 15.4. The standard InChI is InChI=1S/C19H18F3N3O3/c1-17-7-12(24-3)18(2,28-17)14-13(17)15(26)25(16(14)27)10-5-4-9(8-23)11(6-10)19(20,21)22/h4-6,12-14,24H,7H2,1-3H3/t12-,13-,14+,17+,18-/m0/s1. The van der Waals surface area contributed by atoms with Crippen molar-refractivity contribution in [3.8, 4) is 6.07 Å². The molecule has 5 atom stereocenters. The number of nitrogens with zero attached hydrogens (tertiary/aromatic N) is 2. The summed E-state index contributed by atoms with van der Waals surface area (Å²) < 4.78 is 46.0. The fourth-order valence-corrected chi connectivity index (χ4v) is 5.20. The summed E-state index contributed by atoms with van der Waals surface area (Å²) in [5.41, 5.74) is -3.70. The zero-order valence-corrected chi connectivity index (χ0v) is 15.4. The van der Waals surface area contributed by atoms with Crippen LogP contribution in [0.5, 0.6) is 0 Å². The molecule has 0 unspecified atom stereocenters. The molecule has 3 aliphatic rings. The van der Waals surface area contributed by atoms with Crippen molar-refractivity contribution in [2.45, 2.75) is 43.7 Å². The van der Waals surface area contributed by atoms with E-state index in [1.54, 1.807) is 20.9 Å². The van der Waals surface area contributed by atoms with Gasteiger partial charge in [0.1, 0.15) is 0 Å². The Kier molecular flexibility index (Phi) is 3.75. The summed E-state index contributed by atoms with van der Waals surface area (Å²) in [6.07, 6.45) is -4.25. The number of halogens is 3. The highest BCUT2D eigenvalue weighted by Gasteiger charge is 2.75. The summed E-state index contributed by atoms with van der Waals surface area (Å²) in [6.45, 7) is 3.53. The number of imide groups is 1. The van der Waals surface area contributed by atoms with Gasteiger partial charge in [-0.3, -0.25) is 9.59 Å². The number of amides is 2. The van der Waals surface area contributed by atoms with Crippen LogP contribution in [0.4, 0.5) is 18.9 Å². The Morgan fingerprint density at radius 2 is 1.89 bits per heavy atom. The van der Waals surface area contributed by atoms with Gasteiger partial charge in [-0.2, -0.15) is 18.4 Å². The highest BCUT2D eigenvalue weighted by molar-refractivity contribution is 6.23. The first-order valence-corrected chi connectivity index (χ1v) is 8.84. The van der Waals surface area contributed by atoms with Crippen molar-refractivity contribution in [3.63, 3.8) is 0 Å². The average Bonchev–Trinajstić information content (AvgIpc) is 3.14. The topological polar surface area (TPSA) is 82.4 Å². The number of nitrogens with one attached hydrogen (secondary N) is 1. The minimum Gasteiger partial charge on any atom is -0.366 e. The highest BCUT2D eigenvalue weighted by Crippen LogP contribution is 2.61. The lowest BCUT2D eigenvalue weighted by molar-refractivity contribution is -0.138. The lowest BCUT2D eigenvalue weighted by Crippen LogP contribution is -2.54. The SMILES string of the molecule is CN[C@H]1C[C@@]2(C)O[C@]1(C)[C@H]1C(=O)N(c3ccc(C#N)c(C(F)(F)F)c3)C(=O)[C@H]12. The Morgan fingerprint density at radius 1 is 1.25 bits per heavy atom. The maximum atomic E-state index is 13.3. The van der Waals surface area contributed by atoms with Crippen LogP contribution in [-0.2, 0) is 20.5 Å². The molecule has 3 heterocycles. The summed E-state index contributed by atoms with van der Waals surface area (Å²) in [7, 11) is 1.74. The Hall–Kier alpha value is -2.44. The lowest BCUT2D eigenvalue weighted by atomic mass is 9.66. The quantitative estimate of drug-likeness (QED) is 0.780. The first kappa shape index (κ1) is 18.9. The number of fused-ring (bicyclic) bond motifs is 5. The maximum Gasteiger partial charge on any atom is 0.417 e. The fraction of sp³-hybridized carbons (Fsp3) is 0.526. The molecule has 3 saturated heterocycles. The van der Waals surface area contributed by atoms with Crippen molar-refractivity contribution in [2.75, 3.05) is 11.9 Å². The molecule has 1 N–H and O–H groups in total. The van der Waals surface area contributed by atoms with Gasteiger partial charge < -0.3 is 10.1 Å². The van der Waals surface area contributed by atoms with Crippen LogP contribution in [0.15, 0.2) is 18.2 Å². The third-order valence-corrected chi connectivity index (χ3v) is 6.37. The molecule has 9 heteroatoms. The third kappa shape index (κ3) is 2.22. The molecule has 28 heavy (non-hydrogen) atoms. The van der Waals surface area contributed by atoms with Crippen LogP contribution >= 0.6 is 0 Å². The smallest absolute Gasteiger partial charge is 0.366 e. The number of alkyl halides is 3. The summed E-state index contributed by atoms with van der Waals surface area (Å²) >= 11 is 0. The predicted octanol–water partition coefficient (Wildman–Crippen LogP) is 2.22. The summed E-state index contributed by atoms with van der Waals surface area (Å²) in [4.78, 5) is 27.1.